The number of carbonyl (C=O) groups is 1. The Labute approximate surface area is 70.1 Å². The van der Waals surface area contributed by atoms with Crippen LogP contribution in [0.3, 0.4) is 0 Å². The normalized spacial score (nSPS) is 10.6. The summed E-state index contributed by atoms with van der Waals surface area (Å²) in [6.07, 6.45) is 0. The number of rotatable bonds is 3. The summed E-state index contributed by atoms with van der Waals surface area (Å²) < 4.78 is 4.49. The Morgan fingerprint density at radius 3 is 2.42 bits per heavy atom. The van der Waals surface area contributed by atoms with E-state index in [1.54, 1.807) is 20.8 Å². The minimum absolute atomic E-state index is 0.482. The zero-order valence-corrected chi connectivity index (χ0v) is 7.29. The van der Waals surface area contributed by atoms with Gasteiger partial charge in [-0.25, -0.2) is 5.21 Å². The molecule has 0 atom stereocenters. The van der Waals surface area contributed by atoms with Gasteiger partial charge in [0.25, 0.3) is 0 Å². The summed E-state index contributed by atoms with van der Waals surface area (Å²) in [5.41, 5.74) is 5.62. The van der Waals surface area contributed by atoms with Gasteiger partial charge in [0.15, 0.2) is 5.02 Å². The van der Waals surface area contributed by atoms with Crippen LogP contribution in [0.2, 0.25) is 0 Å². The molecule has 0 rings (SSSR count). The third-order valence-electron chi connectivity index (χ3n) is 0.972. The lowest BCUT2D eigenvalue weighted by atomic mass is 9.98. The fourth-order valence-corrected chi connectivity index (χ4v) is 0.344. The number of carbonyl (C=O) groups excluding carboxylic acids is 1. The van der Waals surface area contributed by atoms with Crippen molar-refractivity contribution < 1.29 is 19.4 Å². The van der Waals surface area contributed by atoms with Gasteiger partial charge in [-0.15, -0.1) is 0 Å². The van der Waals surface area contributed by atoms with E-state index in [9.17, 15) is 10.0 Å². The first-order valence-corrected chi connectivity index (χ1v) is 3.32. The van der Waals surface area contributed by atoms with Crippen LogP contribution in [-0.2, 0) is 14.4 Å². The third-order valence-corrected chi connectivity index (χ3v) is 0.972. The average Bonchev–Trinajstić information content (AvgIpc) is 1.84. The van der Waals surface area contributed by atoms with Crippen molar-refractivity contribution in [3.05, 3.63) is 5.21 Å². The van der Waals surface area contributed by atoms with Gasteiger partial charge in [-0.3, -0.25) is 4.79 Å². The van der Waals surface area contributed by atoms with E-state index in [0.29, 0.717) is 0 Å². The quantitative estimate of drug-likeness (QED) is 0.301. The lowest BCUT2D eigenvalue weighted by molar-refractivity contribution is -0.813. The number of nitrogens with one attached hydrogen (secondary N) is 1. The number of nitrogens with zero attached hydrogens (tertiary/aromatic N) is 1. The molecule has 0 aromatic heterocycles. The van der Waals surface area contributed by atoms with Crippen molar-refractivity contribution in [3.63, 3.8) is 0 Å². The highest BCUT2D eigenvalue weighted by Crippen LogP contribution is 2.14. The summed E-state index contributed by atoms with van der Waals surface area (Å²) in [5, 5.41) is 9.33. The molecule has 12 heavy (non-hydrogen) atoms. The molecule has 0 unspecified atom stereocenters. The van der Waals surface area contributed by atoms with Crippen LogP contribution >= 0.6 is 0 Å². The first-order chi connectivity index (χ1) is 5.34. The smallest absolute Gasteiger partial charge is 0.312 e. The van der Waals surface area contributed by atoms with Gasteiger partial charge in [-0.1, -0.05) is 0 Å². The summed E-state index contributed by atoms with van der Waals surface area (Å²) in [4.78, 5) is 15.0. The van der Waals surface area contributed by atoms with Gasteiger partial charge in [0.2, 0.25) is 6.79 Å². The second-order valence-electron chi connectivity index (χ2n) is 3.19. The predicted molar refractivity (Wildman–Crippen MR) is 37.8 cm³/mol. The van der Waals surface area contributed by atoms with E-state index in [1.807, 2.05) is 0 Å². The number of hydrogen-bond donors (Lipinski definition) is 1. The lowest BCUT2D eigenvalue weighted by Gasteiger charge is -2.16. The molecule has 0 fully saturated rings. The predicted octanol–water partition coefficient (Wildman–Crippen LogP) is 1.01. The molecule has 0 heterocycles. The summed E-state index contributed by atoms with van der Waals surface area (Å²) >= 11 is 0. The molecule has 0 saturated carbocycles. The molecule has 6 nitrogen and oxygen atoms in total. The van der Waals surface area contributed by atoms with Crippen molar-refractivity contribution in [2.24, 2.45) is 5.41 Å². The first-order valence-electron chi connectivity index (χ1n) is 3.32. The van der Waals surface area contributed by atoms with E-state index in [2.05, 4.69) is 9.57 Å². The Balaban J connectivity index is 3.66. The van der Waals surface area contributed by atoms with E-state index in [-0.39, 0.29) is 0 Å². The Morgan fingerprint density at radius 2 is 2.08 bits per heavy atom. The van der Waals surface area contributed by atoms with E-state index in [1.165, 1.54) is 0 Å². The van der Waals surface area contributed by atoms with Crippen molar-refractivity contribution in [2.75, 3.05) is 6.79 Å². The topological polar surface area (TPSA) is 85.5 Å². The van der Waals surface area contributed by atoms with E-state index in [4.69, 9.17) is 5.53 Å². The summed E-state index contributed by atoms with van der Waals surface area (Å²) in [6, 6.07) is 0. The zero-order chi connectivity index (χ0) is 9.78. The minimum Gasteiger partial charge on any atom is -0.448 e. The Bertz CT molecular complexity index is 184. The van der Waals surface area contributed by atoms with Crippen LogP contribution in [0.4, 0.5) is 0 Å². The highest BCUT2D eigenvalue weighted by Gasteiger charge is 2.22. The fourth-order valence-electron chi connectivity index (χ4n) is 0.344. The van der Waals surface area contributed by atoms with Crippen molar-refractivity contribution in [2.45, 2.75) is 20.8 Å². The van der Waals surface area contributed by atoms with Crippen LogP contribution in [0.1, 0.15) is 20.8 Å². The molecule has 6 heteroatoms. The van der Waals surface area contributed by atoms with Crippen LogP contribution in [0.25, 0.3) is 0 Å². The molecular formula is C6H12N2O4. The molecule has 1 N–H and O–H groups in total. The maximum atomic E-state index is 11.0. The van der Waals surface area contributed by atoms with E-state index in [0.717, 1.165) is 0 Å². The van der Waals surface area contributed by atoms with Crippen LogP contribution in [-0.4, -0.2) is 17.8 Å². The summed E-state index contributed by atoms with van der Waals surface area (Å²) in [6.45, 7) is 4.49. The van der Waals surface area contributed by atoms with Crippen molar-refractivity contribution in [3.8, 4) is 0 Å². The molecule has 0 aromatic rings. The third kappa shape index (κ3) is 4.48. The molecule has 0 aliphatic rings. The average molecular weight is 176 g/mol. The molecule has 0 aromatic carbocycles. The first kappa shape index (κ1) is 10.7. The second kappa shape index (κ2) is 3.89. The van der Waals surface area contributed by atoms with Gasteiger partial charge in [-0.2, -0.15) is 0 Å². The molecule has 0 radical (unpaired) electrons. The van der Waals surface area contributed by atoms with Gasteiger partial charge in [0.1, 0.15) is 0 Å². The molecule has 0 saturated heterocycles. The number of esters is 1. The lowest BCUT2D eigenvalue weighted by Crippen LogP contribution is -2.24. The molecule has 0 amide bonds. The Hall–Kier alpha value is -1.33. The SMILES string of the molecule is CC(C)(C)C(=O)OCO[N+](=N)[O-]. The highest BCUT2D eigenvalue weighted by atomic mass is 16.9. The zero-order valence-electron chi connectivity index (χ0n) is 7.29. The Kier molecular flexibility index (Phi) is 3.46. The van der Waals surface area contributed by atoms with Crippen molar-refractivity contribution in [1.82, 2.24) is 0 Å². The number of hydrogen-bond acceptors (Lipinski definition) is 5. The summed E-state index contributed by atoms with van der Waals surface area (Å²) in [5.74, 6) is -0.482. The minimum atomic E-state index is -0.626. The highest BCUT2D eigenvalue weighted by molar-refractivity contribution is 5.75. The summed E-state index contributed by atoms with van der Waals surface area (Å²) in [7, 11) is 0. The van der Waals surface area contributed by atoms with E-state index >= 15 is 0 Å². The van der Waals surface area contributed by atoms with Crippen LogP contribution < -0.4 is 0 Å². The maximum absolute atomic E-state index is 11.0. The van der Waals surface area contributed by atoms with Gasteiger partial charge in [0, 0.05) is 5.53 Å². The molecule has 70 valence electrons. The largest absolute Gasteiger partial charge is 0.448 e. The van der Waals surface area contributed by atoms with Crippen molar-refractivity contribution in [1.29, 1.82) is 5.53 Å². The van der Waals surface area contributed by atoms with Gasteiger partial charge in [0.05, 0.1) is 5.41 Å². The molecule has 0 spiro atoms. The standard InChI is InChI=1S/C6H12N2O4/c1-6(2,3)5(9)11-4-12-8(7)10/h7H,4H2,1-3H3. The van der Waals surface area contributed by atoms with Crippen LogP contribution in [0, 0.1) is 16.2 Å². The molecule has 0 aliphatic heterocycles. The maximum Gasteiger partial charge on any atom is 0.312 e. The number of ether oxygens (including phenoxy) is 1. The van der Waals surface area contributed by atoms with Crippen molar-refractivity contribution >= 4 is 5.97 Å². The second-order valence-corrected chi connectivity index (χ2v) is 3.19. The molecular weight excluding hydrogens is 164 g/mol. The van der Waals surface area contributed by atoms with E-state index < -0.39 is 23.2 Å². The van der Waals surface area contributed by atoms with Gasteiger partial charge < -0.3 is 9.57 Å². The van der Waals surface area contributed by atoms with Crippen LogP contribution in [0.5, 0.6) is 0 Å². The van der Waals surface area contributed by atoms with Gasteiger partial charge >= 0.3 is 5.97 Å². The monoisotopic (exact) mass is 176 g/mol. The molecule has 0 aliphatic carbocycles. The van der Waals surface area contributed by atoms with Crippen LogP contribution in [0.15, 0.2) is 0 Å². The van der Waals surface area contributed by atoms with Gasteiger partial charge in [-0.05, 0) is 20.8 Å². The Morgan fingerprint density at radius 1 is 1.58 bits per heavy atom. The molecule has 0 bridgehead atoms. The fraction of sp³-hybridized carbons (Fsp3) is 0.833.